The molecule has 0 atom stereocenters. The van der Waals surface area contributed by atoms with E-state index in [4.69, 9.17) is 11.6 Å². The molecule has 0 saturated heterocycles. The molecule has 108 valence electrons. The van der Waals surface area contributed by atoms with Crippen LogP contribution in [0.2, 0.25) is 5.02 Å². The van der Waals surface area contributed by atoms with E-state index in [1.165, 1.54) is 0 Å². The summed E-state index contributed by atoms with van der Waals surface area (Å²) in [6.45, 7) is 1.17. The Bertz CT molecular complexity index is 701. The van der Waals surface area contributed by atoms with Gasteiger partial charge in [-0.05, 0) is 32.1 Å². The van der Waals surface area contributed by atoms with Gasteiger partial charge in [0.25, 0.3) is 0 Å². The van der Waals surface area contributed by atoms with Gasteiger partial charge in [-0.2, -0.15) is 0 Å². The Hall–Kier alpha value is -1.14. The molecular weight excluding hydrogens is 296 g/mol. The maximum atomic E-state index is 12.3. The average molecular weight is 313 g/mol. The van der Waals surface area contributed by atoms with E-state index >= 15 is 0 Å². The largest absolute Gasteiger partial charge is 0.320 e. The summed E-state index contributed by atoms with van der Waals surface area (Å²) in [5.74, 6) is 0. The van der Waals surface area contributed by atoms with Gasteiger partial charge in [0.2, 0.25) is 10.0 Å². The zero-order valence-electron chi connectivity index (χ0n) is 11.2. The van der Waals surface area contributed by atoms with Crippen molar-refractivity contribution in [3.8, 4) is 0 Å². The quantitative estimate of drug-likeness (QED) is 0.805. The van der Waals surface area contributed by atoms with Gasteiger partial charge in [-0.1, -0.05) is 35.9 Å². The van der Waals surface area contributed by atoms with Crippen molar-refractivity contribution >= 4 is 32.4 Å². The van der Waals surface area contributed by atoms with Crippen LogP contribution in [-0.2, 0) is 10.0 Å². The van der Waals surface area contributed by atoms with Crippen molar-refractivity contribution in [2.24, 2.45) is 0 Å². The van der Waals surface area contributed by atoms with Crippen LogP contribution in [0.1, 0.15) is 6.42 Å². The van der Waals surface area contributed by atoms with Crippen molar-refractivity contribution in [2.45, 2.75) is 11.3 Å². The molecule has 20 heavy (non-hydrogen) atoms. The van der Waals surface area contributed by atoms with E-state index in [9.17, 15) is 8.42 Å². The maximum absolute atomic E-state index is 12.3. The molecule has 4 nitrogen and oxygen atoms in total. The van der Waals surface area contributed by atoms with Crippen LogP contribution in [0, 0.1) is 0 Å². The zero-order valence-corrected chi connectivity index (χ0v) is 12.8. The van der Waals surface area contributed by atoms with Crippen molar-refractivity contribution in [2.75, 3.05) is 20.1 Å². The lowest BCUT2D eigenvalue weighted by molar-refractivity contribution is 0.578. The Labute approximate surface area is 124 Å². The van der Waals surface area contributed by atoms with Gasteiger partial charge >= 0.3 is 0 Å². The van der Waals surface area contributed by atoms with Crippen molar-refractivity contribution < 1.29 is 8.42 Å². The van der Waals surface area contributed by atoms with Gasteiger partial charge in [-0.15, -0.1) is 0 Å². The molecule has 2 aromatic carbocycles. The first-order valence-corrected chi connectivity index (χ1v) is 8.24. The van der Waals surface area contributed by atoms with E-state index in [-0.39, 0.29) is 4.90 Å². The van der Waals surface area contributed by atoms with E-state index in [1.807, 2.05) is 19.2 Å². The SMILES string of the molecule is CNCCCNS(=O)(=O)c1ccc(Cl)c2ccccc12. The molecular formula is C14H17ClN2O2S. The van der Waals surface area contributed by atoms with Crippen molar-refractivity contribution in [1.29, 1.82) is 0 Å². The first kappa shape index (κ1) is 15.3. The Balaban J connectivity index is 2.35. The lowest BCUT2D eigenvalue weighted by atomic mass is 10.1. The minimum absolute atomic E-state index is 0.266. The molecule has 0 heterocycles. The van der Waals surface area contributed by atoms with E-state index < -0.39 is 10.0 Å². The van der Waals surface area contributed by atoms with Gasteiger partial charge in [-0.25, -0.2) is 13.1 Å². The van der Waals surface area contributed by atoms with Crippen molar-refractivity contribution in [3.05, 3.63) is 41.4 Å². The Morgan fingerprint density at radius 1 is 1.05 bits per heavy atom. The highest BCUT2D eigenvalue weighted by Crippen LogP contribution is 2.28. The van der Waals surface area contributed by atoms with Crippen molar-refractivity contribution in [3.63, 3.8) is 0 Å². The van der Waals surface area contributed by atoms with Gasteiger partial charge < -0.3 is 5.32 Å². The topological polar surface area (TPSA) is 58.2 Å². The predicted molar refractivity (Wildman–Crippen MR) is 82.7 cm³/mol. The fourth-order valence-electron chi connectivity index (χ4n) is 2.02. The number of hydrogen-bond acceptors (Lipinski definition) is 3. The number of halogens is 1. The molecule has 6 heteroatoms. The van der Waals surface area contributed by atoms with Crippen LogP contribution in [0.5, 0.6) is 0 Å². The molecule has 0 unspecified atom stereocenters. The monoisotopic (exact) mass is 312 g/mol. The smallest absolute Gasteiger partial charge is 0.241 e. The van der Waals surface area contributed by atoms with Gasteiger partial charge in [0.05, 0.1) is 4.90 Å². The maximum Gasteiger partial charge on any atom is 0.241 e. The molecule has 2 N–H and O–H groups in total. The molecule has 0 aromatic heterocycles. The molecule has 0 saturated carbocycles. The fourth-order valence-corrected chi connectivity index (χ4v) is 3.53. The second kappa shape index (κ2) is 6.54. The lowest BCUT2D eigenvalue weighted by Crippen LogP contribution is -2.27. The molecule has 0 radical (unpaired) electrons. The second-order valence-corrected chi connectivity index (χ2v) is 6.59. The van der Waals surface area contributed by atoms with E-state index in [0.717, 1.165) is 18.4 Å². The average Bonchev–Trinajstić information content (AvgIpc) is 2.44. The summed E-state index contributed by atoms with van der Waals surface area (Å²) >= 11 is 6.10. The highest BCUT2D eigenvalue weighted by molar-refractivity contribution is 7.89. The normalized spacial score (nSPS) is 11.9. The summed E-state index contributed by atoms with van der Waals surface area (Å²) in [6.07, 6.45) is 0.737. The van der Waals surface area contributed by atoms with E-state index in [0.29, 0.717) is 17.0 Å². The number of benzene rings is 2. The summed E-state index contributed by atoms with van der Waals surface area (Å²) in [6, 6.07) is 10.4. The van der Waals surface area contributed by atoms with Crippen LogP contribution in [0.3, 0.4) is 0 Å². The highest BCUT2D eigenvalue weighted by Gasteiger charge is 2.17. The van der Waals surface area contributed by atoms with Crippen LogP contribution in [-0.4, -0.2) is 28.6 Å². The van der Waals surface area contributed by atoms with Crippen LogP contribution < -0.4 is 10.0 Å². The zero-order chi connectivity index (χ0) is 14.6. The van der Waals surface area contributed by atoms with Gasteiger partial charge in [-0.3, -0.25) is 0 Å². The van der Waals surface area contributed by atoms with Gasteiger partial charge in [0.15, 0.2) is 0 Å². The molecule has 0 aliphatic carbocycles. The Kier molecular flexibility index (Phi) is 4.99. The first-order chi connectivity index (χ1) is 9.56. The summed E-state index contributed by atoms with van der Waals surface area (Å²) < 4.78 is 27.3. The third-order valence-corrected chi connectivity index (χ3v) is 4.86. The summed E-state index contributed by atoms with van der Waals surface area (Å²) in [5, 5.41) is 4.91. The number of sulfonamides is 1. The van der Waals surface area contributed by atoms with Gasteiger partial charge in [0.1, 0.15) is 0 Å². The molecule has 0 aliphatic rings. The number of hydrogen-bond donors (Lipinski definition) is 2. The van der Waals surface area contributed by atoms with Crippen LogP contribution >= 0.6 is 11.6 Å². The predicted octanol–water partition coefficient (Wildman–Crippen LogP) is 2.38. The van der Waals surface area contributed by atoms with Crippen molar-refractivity contribution in [1.82, 2.24) is 10.0 Å². The lowest BCUT2D eigenvalue weighted by Gasteiger charge is -2.10. The third kappa shape index (κ3) is 3.30. The minimum atomic E-state index is -3.52. The second-order valence-electron chi connectivity index (χ2n) is 4.45. The molecule has 0 spiro atoms. The van der Waals surface area contributed by atoms with Crippen LogP contribution in [0.4, 0.5) is 0 Å². The minimum Gasteiger partial charge on any atom is -0.320 e. The molecule has 2 aromatic rings. The van der Waals surface area contributed by atoms with E-state index in [1.54, 1.807) is 24.3 Å². The van der Waals surface area contributed by atoms with Gasteiger partial charge in [0, 0.05) is 22.3 Å². The summed E-state index contributed by atoms with van der Waals surface area (Å²) in [5.41, 5.74) is 0. The van der Waals surface area contributed by atoms with Crippen LogP contribution in [0.25, 0.3) is 10.8 Å². The fraction of sp³-hybridized carbons (Fsp3) is 0.286. The molecule has 2 rings (SSSR count). The number of fused-ring (bicyclic) bond motifs is 1. The highest BCUT2D eigenvalue weighted by atomic mass is 35.5. The number of nitrogens with one attached hydrogen (secondary N) is 2. The summed E-state index contributed by atoms with van der Waals surface area (Å²) in [7, 11) is -1.69. The first-order valence-electron chi connectivity index (χ1n) is 6.38. The Morgan fingerprint density at radius 2 is 1.75 bits per heavy atom. The van der Waals surface area contributed by atoms with E-state index in [2.05, 4.69) is 10.0 Å². The third-order valence-electron chi connectivity index (χ3n) is 3.02. The standard InChI is InChI=1S/C14H17ClN2O2S/c1-16-9-4-10-17-20(18,19)14-8-7-13(15)11-5-2-3-6-12(11)14/h2-3,5-8,16-17H,4,9-10H2,1H3. The molecule has 0 bridgehead atoms. The molecule has 0 aliphatic heterocycles. The molecule has 0 amide bonds. The number of rotatable bonds is 6. The summed E-state index contributed by atoms with van der Waals surface area (Å²) in [4.78, 5) is 0.266. The Morgan fingerprint density at radius 3 is 2.45 bits per heavy atom. The molecule has 0 fully saturated rings. The van der Waals surface area contributed by atoms with Crippen LogP contribution in [0.15, 0.2) is 41.3 Å².